The highest BCUT2D eigenvalue weighted by Gasteiger charge is 2.22. The fraction of sp³-hybridized carbons (Fsp3) is 0.130. The van der Waals surface area contributed by atoms with Crippen LogP contribution in [-0.2, 0) is 7.05 Å². The molecule has 0 aliphatic rings. The van der Waals surface area contributed by atoms with E-state index in [0.29, 0.717) is 22.3 Å². The lowest BCUT2D eigenvalue weighted by Crippen LogP contribution is -2.02. The summed E-state index contributed by atoms with van der Waals surface area (Å²) in [5.41, 5.74) is 5.33. The number of aromatic nitrogens is 6. The molecular formula is C23H19ClN6O. The van der Waals surface area contributed by atoms with Gasteiger partial charge in [0.1, 0.15) is 11.3 Å². The summed E-state index contributed by atoms with van der Waals surface area (Å²) in [5, 5.41) is 5.06. The monoisotopic (exact) mass is 430 g/mol. The maximum absolute atomic E-state index is 6.72. The van der Waals surface area contributed by atoms with Crippen LogP contribution in [0, 0.1) is 6.92 Å². The van der Waals surface area contributed by atoms with Crippen LogP contribution in [0.3, 0.4) is 0 Å². The third kappa shape index (κ3) is 3.14. The van der Waals surface area contributed by atoms with Crippen molar-refractivity contribution < 1.29 is 4.74 Å². The van der Waals surface area contributed by atoms with Gasteiger partial charge in [0, 0.05) is 43.0 Å². The smallest absolute Gasteiger partial charge is 0.217 e. The van der Waals surface area contributed by atoms with Gasteiger partial charge < -0.3 is 9.30 Å². The number of benzene rings is 1. The van der Waals surface area contributed by atoms with Crippen molar-refractivity contribution >= 4 is 17.1 Å². The molecule has 0 spiro atoms. The van der Waals surface area contributed by atoms with Crippen LogP contribution >= 0.6 is 11.6 Å². The number of pyridine rings is 1. The maximum Gasteiger partial charge on any atom is 0.217 e. The first-order chi connectivity index (χ1) is 15.1. The minimum atomic E-state index is 0.334. The average molecular weight is 431 g/mol. The molecule has 0 bridgehead atoms. The Morgan fingerprint density at radius 2 is 1.87 bits per heavy atom. The average Bonchev–Trinajstić information content (AvgIpc) is 3.38. The van der Waals surface area contributed by atoms with E-state index < -0.39 is 0 Å². The lowest BCUT2D eigenvalue weighted by molar-refractivity contribution is 0.412. The van der Waals surface area contributed by atoms with Gasteiger partial charge in [-0.15, -0.1) is 5.10 Å². The number of nitrogens with zero attached hydrogens (tertiary/aromatic N) is 6. The van der Waals surface area contributed by atoms with Crippen molar-refractivity contribution in [2.75, 3.05) is 7.11 Å². The van der Waals surface area contributed by atoms with Gasteiger partial charge >= 0.3 is 0 Å². The van der Waals surface area contributed by atoms with E-state index in [1.807, 2.05) is 61.3 Å². The highest BCUT2D eigenvalue weighted by molar-refractivity contribution is 6.33. The molecule has 0 saturated heterocycles. The Labute approximate surface area is 183 Å². The van der Waals surface area contributed by atoms with Crippen LogP contribution in [0.5, 0.6) is 5.75 Å². The molecule has 4 heterocycles. The van der Waals surface area contributed by atoms with E-state index in [9.17, 15) is 0 Å². The fourth-order valence-electron chi connectivity index (χ4n) is 3.82. The van der Waals surface area contributed by atoms with Gasteiger partial charge in [-0.3, -0.25) is 4.98 Å². The predicted octanol–water partition coefficient (Wildman–Crippen LogP) is 4.83. The van der Waals surface area contributed by atoms with Crippen LogP contribution in [-0.4, -0.2) is 36.2 Å². The SMILES string of the molecule is COc1cccc(-c2cn3nc(-c4nccn4C)nc(Cl)c3c2-c2ccccn2)c1C. The number of rotatable bonds is 4. The van der Waals surface area contributed by atoms with Gasteiger partial charge in [0.15, 0.2) is 11.0 Å². The third-order valence-corrected chi connectivity index (χ3v) is 5.59. The van der Waals surface area contributed by atoms with Crippen molar-refractivity contribution in [2.45, 2.75) is 6.92 Å². The number of methoxy groups -OCH3 is 1. The second-order valence-electron chi connectivity index (χ2n) is 7.15. The lowest BCUT2D eigenvalue weighted by Gasteiger charge is -2.11. The summed E-state index contributed by atoms with van der Waals surface area (Å²) in [6.07, 6.45) is 7.27. The van der Waals surface area contributed by atoms with Gasteiger partial charge in [-0.05, 0) is 36.2 Å². The predicted molar refractivity (Wildman–Crippen MR) is 120 cm³/mol. The zero-order chi connectivity index (χ0) is 21.5. The summed E-state index contributed by atoms with van der Waals surface area (Å²) in [4.78, 5) is 13.5. The standard InChI is InChI=1S/C23H19ClN6O/c1-14-15(7-6-9-18(14)31-3)16-13-30-20(19(16)17-8-4-5-10-25-17)21(24)27-22(28-30)23-26-11-12-29(23)2/h4-13H,1-3H3. The van der Waals surface area contributed by atoms with Crippen molar-refractivity contribution in [2.24, 2.45) is 7.05 Å². The Morgan fingerprint density at radius 1 is 1.00 bits per heavy atom. The molecule has 154 valence electrons. The number of halogens is 1. The normalized spacial score (nSPS) is 11.2. The molecule has 4 aromatic heterocycles. The number of hydrogen-bond donors (Lipinski definition) is 0. The number of fused-ring (bicyclic) bond motifs is 1. The molecule has 0 amide bonds. The lowest BCUT2D eigenvalue weighted by atomic mass is 9.96. The Bertz CT molecular complexity index is 1410. The highest BCUT2D eigenvalue weighted by atomic mass is 35.5. The summed E-state index contributed by atoms with van der Waals surface area (Å²) < 4.78 is 9.16. The summed E-state index contributed by atoms with van der Waals surface area (Å²) in [6, 6.07) is 11.8. The van der Waals surface area contributed by atoms with E-state index >= 15 is 0 Å². The van der Waals surface area contributed by atoms with E-state index in [4.69, 9.17) is 21.4 Å². The number of ether oxygens (including phenoxy) is 1. The van der Waals surface area contributed by atoms with Gasteiger partial charge in [-0.1, -0.05) is 29.8 Å². The quantitative estimate of drug-likeness (QED) is 0.408. The van der Waals surface area contributed by atoms with Gasteiger partial charge in [0.25, 0.3) is 0 Å². The first kappa shape index (κ1) is 19.3. The van der Waals surface area contributed by atoms with E-state index in [1.165, 1.54) is 0 Å². The summed E-state index contributed by atoms with van der Waals surface area (Å²) in [6.45, 7) is 2.03. The van der Waals surface area contributed by atoms with Gasteiger partial charge in [-0.2, -0.15) is 0 Å². The molecule has 5 aromatic rings. The Morgan fingerprint density at radius 3 is 2.58 bits per heavy atom. The molecule has 0 N–H and O–H groups in total. The largest absolute Gasteiger partial charge is 0.496 e. The summed E-state index contributed by atoms with van der Waals surface area (Å²) in [5.74, 6) is 1.89. The zero-order valence-corrected chi connectivity index (χ0v) is 18.0. The molecule has 0 saturated carbocycles. The number of aryl methyl sites for hydroxylation is 1. The first-order valence-corrected chi connectivity index (χ1v) is 10.1. The van der Waals surface area contributed by atoms with Crippen LogP contribution in [0.15, 0.2) is 61.2 Å². The van der Waals surface area contributed by atoms with Crippen molar-refractivity contribution in [3.05, 3.63) is 71.9 Å². The molecule has 5 rings (SSSR count). The molecule has 1 aromatic carbocycles. The molecule has 0 radical (unpaired) electrons. The van der Waals surface area contributed by atoms with E-state index in [-0.39, 0.29) is 0 Å². The van der Waals surface area contributed by atoms with Gasteiger partial charge in [0.2, 0.25) is 5.82 Å². The molecular weight excluding hydrogens is 412 g/mol. The van der Waals surface area contributed by atoms with Crippen molar-refractivity contribution in [1.29, 1.82) is 0 Å². The van der Waals surface area contributed by atoms with Crippen LogP contribution in [0.1, 0.15) is 5.56 Å². The Kier molecular flexibility index (Phi) is 4.67. The van der Waals surface area contributed by atoms with Crippen LogP contribution in [0.2, 0.25) is 5.15 Å². The van der Waals surface area contributed by atoms with Gasteiger partial charge in [0.05, 0.1) is 12.8 Å². The molecule has 31 heavy (non-hydrogen) atoms. The summed E-state index contributed by atoms with van der Waals surface area (Å²) in [7, 11) is 3.56. The molecule has 8 heteroatoms. The number of hydrogen-bond acceptors (Lipinski definition) is 5. The first-order valence-electron chi connectivity index (χ1n) is 9.70. The molecule has 0 atom stereocenters. The van der Waals surface area contributed by atoms with E-state index in [1.54, 1.807) is 24.0 Å². The van der Waals surface area contributed by atoms with Gasteiger partial charge in [-0.25, -0.2) is 14.5 Å². The Hall–Kier alpha value is -3.71. The van der Waals surface area contributed by atoms with Crippen LogP contribution in [0.4, 0.5) is 0 Å². The molecule has 0 unspecified atom stereocenters. The minimum absolute atomic E-state index is 0.334. The van der Waals surface area contributed by atoms with Crippen molar-refractivity contribution in [3.8, 4) is 39.8 Å². The van der Waals surface area contributed by atoms with E-state index in [0.717, 1.165) is 33.7 Å². The van der Waals surface area contributed by atoms with E-state index in [2.05, 4.69) is 21.0 Å². The molecule has 0 fully saturated rings. The maximum atomic E-state index is 6.72. The zero-order valence-electron chi connectivity index (χ0n) is 17.2. The second-order valence-corrected chi connectivity index (χ2v) is 7.50. The second kappa shape index (κ2) is 7.52. The Balaban J connectivity index is 1.85. The summed E-state index contributed by atoms with van der Waals surface area (Å²) >= 11 is 6.72. The third-order valence-electron chi connectivity index (χ3n) is 5.32. The van der Waals surface area contributed by atoms with Crippen LogP contribution < -0.4 is 4.74 Å². The molecule has 7 nitrogen and oxygen atoms in total. The van der Waals surface area contributed by atoms with Crippen molar-refractivity contribution in [1.82, 2.24) is 29.1 Å². The highest BCUT2D eigenvalue weighted by Crippen LogP contribution is 2.41. The minimum Gasteiger partial charge on any atom is -0.496 e. The topological polar surface area (TPSA) is 70.1 Å². The fourth-order valence-corrected chi connectivity index (χ4v) is 4.08. The van der Waals surface area contributed by atoms with Crippen molar-refractivity contribution in [3.63, 3.8) is 0 Å². The van der Waals surface area contributed by atoms with Crippen LogP contribution in [0.25, 0.3) is 39.5 Å². The molecule has 0 aliphatic carbocycles. The number of imidazole rings is 1. The molecule has 0 aliphatic heterocycles.